The summed E-state index contributed by atoms with van der Waals surface area (Å²) < 4.78 is 5.10. The van der Waals surface area contributed by atoms with Gasteiger partial charge in [-0.2, -0.15) is 0 Å². The molecule has 1 aromatic rings. The molecule has 0 spiro atoms. The van der Waals surface area contributed by atoms with Crippen LogP contribution >= 0.6 is 0 Å². The van der Waals surface area contributed by atoms with E-state index in [0.29, 0.717) is 24.2 Å². The molecule has 1 aromatic heterocycles. The Morgan fingerprint density at radius 1 is 1.47 bits per heavy atom. The minimum Gasteiger partial charge on any atom is -0.481 e. The molecule has 0 aromatic carbocycles. The molecule has 0 saturated heterocycles. The highest BCUT2D eigenvalue weighted by atomic mass is 16.4. The lowest BCUT2D eigenvalue weighted by Crippen LogP contribution is -2.55. The van der Waals surface area contributed by atoms with Crippen molar-refractivity contribution in [3.63, 3.8) is 0 Å². The van der Waals surface area contributed by atoms with Crippen LogP contribution in [0.2, 0.25) is 0 Å². The molecule has 5 heteroatoms. The first-order valence-corrected chi connectivity index (χ1v) is 6.53. The molecule has 1 aliphatic carbocycles. The summed E-state index contributed by atoms with van der Waals surface area (Å²) in [5.74, 6) is -0.981. The van der Waals surface area contributed by atoms with E-state index in [0.717, 1.165) is 12.8 Å². The number of aliphatic carboxylic acids is 1. The number of hydrogen-bond acceptors (Lipinski definition) is 3. The fraction of sp³-hybridized carbons (Fsp3) is 0.571. The minimum absolute atomic E-state index is 0.271. The third kappa shape index (κ3) is 2.80. The summed E-state index contributed by atoms with van der Waals surface area (Å²) in [4.78, 5) is 23.5. The molecule has 1 aliphatic rings. The SMILES string of the molecule is Cc1cc(C(=O)NC2(C)CCCCC2C(=O)O)co1. The number of hydrogen-bond donors (Lipinski definition) is 2. The van der Waals surface area contributed by atoms with Gasteiger partial charge in [-0.25, -0.2) is 0 Å². The predicted octanol–water partition coefficient (Wildman–Crippen LogP) is 2.35. The van der Waals surface area contributed by atoms with Crippen molar-refractivity contribution in [2.24, 2.45) is 5.92 Å². The molecular weight excluding hydrogens is 246 g/mol. The molecule has 1 saturated carbocycles. The number of aryl methyl sites for hydroxylation is 1. The van der Waals surface area contributed by atoms with Crippen molar-refractivity contribution in [2.45, 2.75) is 45.1 Å². The molecule has 0 aliphatic heterocycles. The molecule has 2 unspecified atom stereocenters. The fourth-order valence-corrected chi connectivity index (χ4v) is 2.77. The first-order valence-electron chi connectivity index (χ1n) is 6.53. The predicted molar refractivity (Wildman–Crippen MR) is 68.9 cm³/mol. The van der Waals surface area contributed by atoms with Crippen LogP contribution in [0.5, 0.6) is 0 Å². The van der Waals surface area contributed by atoms with Crippen LogP contribution < -0.4 is 5.32 Å². The van der Waals surface area contributed by atoms with E-state index in [2.05, 4.69) is 5.32 Å². The van der Waals surface area contributed by atoms with Crippen LogP contribution in [0.4, 0.5) is 0 Å². The number of furan rings is 1. The van der Waals surface area contributed by atoms with E-state index in [4.69, 9.17) is 4.42 Å². The van der Waals surface area contributed by atoms with E-state index in [1.165, 1.54) is 6.26 Å². The molecule has 0 radical (unpaired) electrons. The maximum Gasteiger partial charge on any atom is 0.308 e. The Bertz CT molecular complexity index is 493. The van der Waals surface area contributed by atoms with Crippen LogP contribution in [0.1, 0.15) is 48.7 Å². The summed E-state index contributed by atoms with van der Waals surface area (Å²) in [5.41, 5.74) is -0.250. The monoisotopic (exact) mass is 265 g/mol. The van der Waals surface area contributed by atoms with Crippen LogP contribution in [0.3, 0.4) is 0 Å². The molecule has 1 fully saturated rings. The molecular formula is C14H19NO4. The molecule has 2 N–H and O–H groups in total. The number of carbonyl (C=O) groups is 2. The van der Waals surface area contributed by atoms with Crippen molar-refractivity contribution in [3.05, 3.63) is 23.7 Å². The van der Waals surface area contributed by atoms with Crippen molar-refractivity contribution in [3.8, 4) is 0 Å². The van der Waals surface area contributed by atoms with Crippen LogP contribution in [-0.4, -0.2) is 22.5 Å². The van der Waals surface area contributed by atoms with Crippen LogP contribution in [0, 0.1) is 12.8 Å². The number of rotatable bonds is 3. The molecule has 2 rings (SSSR count). The lowest BCUT2D eigenvalue weighted by molar-refractivity contribution is -0.145. The smallest absolute Gasteiger partial charge is 0.308 e. The normalized spacial score (nSPS) is 26.9. The quantitative estimate of drug-likeness (QED) is 0.879. The summed E-state index contributed by atoms with van der Waals surface area (Å²) in [6.07, 6.45) is 4.52. The van der Waals surface area contributed by atoms with E-state index >= 15 is 0 Å². The highest BCUT2D eigenvalue weighted by Gasteiger charge is 2.42. The summed E-state index contributed by atoms with van der Waals surface area (Å²) >= 11 is 0. The molecule has 1 heterocycles. The van der Waals surface area contributed by atoms with Gasteiger partial charge >= 0.3 is 5.97 Å². The zero-order valence-electron chi connectivity index (χ0n) is 11.2. The highest BCUT2D eigenvalue weighted by Crippen LogP contribution is 2.34. The van der Waals surface area contributed by atoms with Crippen molar-refractivity contribution < 1.29 is 19.1 Å². The lowest BCUT2D eigenvalue weighted by Gasteiger charge is -2.39. The van der Waals surface area contributed by atoms with E-state index in [1.54, 1.807) is 13.0 Å². The van der Waals surface area contributed by atoms with Gasteiger partial charge in [-0.15, -0.1) is 0 Å². The van der Waals surface area contributed by atoms with E-state index in [1.807, 2.05) is 6.92 Å². The number of nitrogens with one attached hydrogen (secondary N) is 1. The third-order valence-corrected chi connectivity index (χ3v) is 3.90. The molecule has 19 heavy (non-hydrogen) atoms. The number of amides is 1. The molecule has 0 bridgehead atoms. The Hall–Kier alpha value is -1.78. The Kier molecular flexibility index (Phi) is 3.64. The average molecular weight is 265 g/mol. The fourth-order valence-electron chi connectivity index (χ4n) is 2.77. The topological polar surface area (TPSA) is 79.5 Å². The van der Waals surface area contributed by atoms with Crippen molar-refractivity contribution in [1.29, 1.82) is 0 Å². The Morgan fingerprint density at radius 2 is 2.21 bits per heavy atom. The maximum atomic E-state index is 12.1. The third-order valence-electron chi connectivity index (χ3n) is 3.90. The van der Waals surface area contributed by atoms with Gasteiger partial charge in [0.25, 0.3) is 5.91 Å². The van der Waals surface area contributed by atoms with Crippen molar-refractivity contribution in [1.82, 2.24) is 5.32 Å². The highest BCUT2D eigenvalue weighted by molar-refractivity contribution is 5.94. The molecule has 2 atom stereocenters. The number of carboxylic acids is 1. The van der Waals surface area contributed by atoms with Gasteiger partial charge in [-0.3, -0.25) is 9.59 Å². The minimum atomic E-state index is -0.842. The Morgan fingerprint density at radius 3 is 2.79 bits per heavy atom. The van der Waals surface area contributed by atoms with E-state index < -0.39 is 17.4 Å². The number of carboxylic acid groups (broad SMARTS) is 1. The van der Waals surface area contributed by atoms with Gasteiger partial charge in [0.2, 0.25) is 0 Å². The number of carbonyl (C=O) groups excluding carboxylic acids is 1. The zero-order chi connectivity index (χ0) is 14.0. The second-order valence-electron chi connectivity index (χ2n) is 5.45. The van der Waals surface area contributed by atoms with E-state index in [-0.39, 0.29) is 5.91 Å². The molecule has 1 amide bonds. The lowest BCUT2D eigenvalue weighted by atomic mass is 9.74. The van der Waals surface area contributed by atoms with Gasteiger partial charge < -0.3 is 14.8 Å². The zero-order valence-corrected chi connectivity index (χ0v) is 11.2. The summed E-state index contributed by atoms with van der Waals surface area (Å²) in [7, 11) is 0. The van der Waals surface area contributed by atoms with Crippen LogP contribution in [0.15, 0.2) is 16.7 Å². The second kappa shape index (κ2) is 5.07. The summed E-state index contributed by atoms with van der Waals surface area (Å²) in [5, 5.41) is 12.2. The standard InChI is InChI=1S/C14H19NO4/c1-9-7-10(8-19-9)12(16)15-14(2)6-4-3-5-11(14)13(17)18/h7-8,11H,3-6H2,1-2H3,(H,15,16)(H,17,18). The first kappa shape index (κ1) is 13.6. The summed E-state index contributed by atoms with van der Waals surface area (Å²) in [6, 6.07) is 1.65. The van der Waals surface area contributed by atoms with Crippen molar-refractivity contribution >= 4 is 11.9 Å². The van der Waals surface area contributed by atoms with Gasteiger partial charge in [-0.1, -0.05) is 12.8 Å². The molecule has 104 valence electrons. The average Bonchev–Trinajstić information content (AvgIpc) is 2.75. The van der Waals surface area contributed by atoms with Crippen molar-refractivity contribution in [2.75, 3.05) is 0 Å². The Labute approximate surface area is 112 Å². The van der Waals surface area contributed by atoms with Crippen LogP contribution in [0.25, 0.3) is 0 Å². The first-order chi connectivity index (χ1) is 8.92. The van der Waals surface area contributed by atoms with Gasteiger partial charge in [0.1, 0.15) is 12.0 Å². The second-order valence-corrected chi connectivity index (χ2v) is 5.45. The van der Waals surface area contributed by atoms with E-state index in [9.17, 15) is 14.7 Å². The largest absolute Gasteiger partial charge is 0.481 e. The maximum absolute atomic E-state index is 12.1. The van der Waals surface area contributed by atoms with Gasteiger partial charge in [0, 0.05) is 0 Å². The Balaban J connectivity index is 2.15. The van der Waals surface area contributed by atoms with Gasteiger partial charge in [-0.05, 0) is 32.8 Å². The van der Waals surface area contributed by atoms with Crippen LogP contribution in [-0.2, 0) is 4.79 Å². The molecule has 5 nitrogen and oxygen atoms in total. The van der Waals surface area contributed by atoms with Gasteiger partial charge in [0.15, 0.2) is 0 Å². The van der Waals surface area contributed by atoms with Gasteiger partial charge in [0.05, 0.1) is 17.0 Å². The summed E-state index contributed by atoms with van der Waals surface area (Å²) in [6.45, 7) is 3.58.